The Morgan fingerprint density at radius 3 is 2.63 bits per heavy atom. The summed E-state index contributed by atoms with van der Waals surface area (Å²) in [6.07, 6.45) is -7.66. The minimum Gasteiger partial charge on any atom is -0.382 e. The van der Waals surface area contributed by atoms with Gasteiger partial charge in [0.25, 0.3) is 0 Å². The zero-order valence-electron chi connectivity index (χ0n) is 9.90. The molecule has 0 spiro atoms. The third kappa shape index (κ3) is 5.74. The maximum absolute atomic E-state index is 12.0. The first-order valence-corrected chi connectivity index (χ1v) is 7.37. The summed E-state index contributed by atoms with van der Waals surface area (Å²) in [5.74, 6) is -0.974. The predicted molar refractivity (Wildman–Crippen MR) is 60.1 cm³/mol. The Labute approximate surface area is 108 Å². The first-order valence-electron chi connectivity index (χ1n) is 5.55. The molecule has 10 heteroatoms. The number of sulfone groups is 1. The van der Waals surface area contributed by atoms with Crippen LogP contribution in [0.15, 0.2) is 0 Å². The molecule has 112 valence electrons. The van der Waals surface area contributed by atoms with Gasteiger partial charge in [-0.2, -0.15) is 13.2 Å². The topological polar surface area (TPSA) is 95.5 Å². The van der Waals surface area contributed by atoms with Gasteiger partial charge in [0.1, 0.15) is 0 Å². The summed E-state index contributed by atoms with van der Waals surface area (Å²) in [7, 11) is -3.20. The summed E-state index contributed by atoms with van der Waals surface area (Å²) in [6.45, 7) is -0.729. The lowest BCUT2D eigenvalue weighted by molar-refractivity contribution is -0.201. The Kier molecular flexibility index (Phi) is 5.16. The number of aliphatic hydroxyl groups excluding tert-OH is 1. The largest absolute Gasteiger partial charge is 0.416 e. The second kappa shape index (κ2) is 6.06. The molecule has 2 unspecified atom stereocenters. The van der Waals surface area contributed by atoms with Gasteiger partial charge in [0, 0.05) is 19.0 Å². The van der Waals surface area contributed by atoms with Crippen LogP contribution in [0.2, 0.25) is 0 Å². The van der Waals surface area contributed by atoms with Crippen LogP contribution in [0.5, 0.6) is 0 Å². The number of rotatable bonds is 4. The number of hydrogen-bond donors (Lipinski definition) is 3. The molecule has 1 aliphatic rings. The number of nitrogens with one attached hydrogen (secondary N) is 2. The molecule has 0 bridgehead atoms. The third-order valence-electron chi connectivity index (χ3n) is 2.60. The van der Waals surface area contributed by atoms with Crippen molar-refractivity contribution in [2.45, 2.75) is 24.7 Å². The van der Waals surface area contributed by atoms with Crippen LogP contribution in [0, 0.1) is 0 Å². The van der Waals surface area contributed by atoms with E-state index in [0.29, 0.717) is 0 Å². The van der Waals surface area contributed by atoms with Crippen LogP contribution in [0.1, 0.15) is 6.42 Å². The molecule has 0 aromatic heterocycles. The monoisotopic (exact) mass is 304 g/mol. The minimum atomic E-state index is -4.79. The van der Waals surface area contributed by atoms with Crippen LogP contribution in [0.4, 0.5) is 13.2 Å². The van der Waals surface area contributed by atoms with Gasteiger partial charge in [-0.15, -0.1) is 0 Å². The minimum absolute atomic E-state index is 0.0160. The van der Waals surface area contributed by atoms with Crippen molar-refractivity contribution in [3.05, 3.63) is 0 Å². The van der Waals surface area contributed by atoms with E-state index in [0.717, 1.165) is 0 Å². The molecule has 0 saturated carbocycles. The average molecular weight is 304 g/mol. The van der Waals surface area contributed by atoms with Crippen LogP contribution >= 0.6 is 0 Å². The van der Waals surface area contributed by atoms with Gasteiger partial charge in [-0.05, 0) is 0 Å². The van der Waals surface area contributed by atoms with Crippen molar-refractivity contribution in [1.29, 1.82) is 0 Å². The molecule has 0 aromatic carbocycles. The van der Waals surface area contributed by atoms with Crippen molar-refractivity contribution in [2.75, 3.05) is 24.6 Å². The normalized spacial score (nSPS) is 24.7. The average Bonchev–Trinajstić information content (AvgIpc) is 2.23. The van der Waals surface area contributed by atoms with Crippen molar-refractivity contribution < 1.29 is 31.5 Å². The molecule has 0 aliphatic carbocycles. The first kappa shape index (κ1) is 16.2. The molecule has 1 amide bonds. The van der Waals surface area contributed by atoms with E-state index in [1.807, 2.05) is 5.32 Å². The van der Waals surface area contributed by atoms with Crippen molar-refractivity contribution in [3.8, 4) is 0 Å². The van der Waals surface area contributed by atoms with Crippen molar-refractivity contribution in [2.24, 2.45) is 0 Å². The van der Waals surface area contributed by atoms with Gasteiger partial charge >= 0.3 is 6.18 Å². The highest BCUT2D eigenvalue weighted by atomic mass is 32.2. The molecular formula is C9H15F3N2O4S. The van der Waals surface area contributed by atoms with Gasteiger partial charge in [-0.1, -0.05) is 0 Å². The predicted octanol–water partition coefficient (Wildman–Crippen LogP) is -1.20. The van der Waals surface area contributed by atoms with Crippen LogP contribution in [-0.4, -0.2) is 62.3 Å². The van der Waals surface area contributed by atoms with E-state index < -0.39 is 40.6 Å². The molecule has 0 radical (unpaired) electrons. The number of carbonyl (C=O) groups is 1. The molecule has 2 atom stereocenters. The number of alkyl halides is 3. The van der Waals surface area contributed by atoms with Crippen molar-refractivity contribution in [1.82, 2.24) is 10.6 Å². The Balaban J connectivity index is 2.36. The van der Waals surface area contributed by atoms with Crippen LogP contribution < -0.4 is 10.6 Å². The molecule has 1 fully saturated rings. The number of carbonyl (C=O) groups excluding carboxylic acids is 1. The summed E-state index contributed by atoms with van der Waals surface area (Å²) in [6, 6.07) is -0.609. The summed E-state index contributed by atoms with van der Waals surface area (Å²) in [5.41, 5.74) is 0. The fourth-order valence-corrected chi connectivity index (χ4v) is 3.06. The van der Waals surface area contributed by atoms with E-state index in [1.54, 1.807) is 0 Å². The zero-order chi connectivity index (χ0) is 14.7. The summed E-state index contributed by atoms with van der Waals surface area (Å²) in [5, 5.41) is 13.4. The summed E-state index contributed by atoms with van der Waals surface area (Å²) in [4.78, 5) is 11.3. The lowest BCUT2D eigenvalue weighted by Gasteiger charge is -2.23. The second-order valence-corrected chi connectivity index (χ2v) is 6.56. The molecule has 1 rings (SSSR count). The van der Waals surface area contributed by atoms with E-state index in [4.69, 9.17) is 5.11 Å². The molecule has 0 aromatic rings. The fourth-order valence-electron chi connectivity index (χ4n) is 1.62. The lowest BCUT2D eigenvalue weighted by atomic mass is 10.2. The Morgan fingerprint density at radius 1 is 1.47 bits per heavy atom. The summed E-state index contributed by atoms with van der Waals surface area (Å²) >= 11 is 0. The van der Waals surface area contributed by atoms with Crippen LogP contribution in [0.25, 0.3) is 0 Å². The van der Waals surface area contributed by atoms with Gasteiger partial charge in [0.05, 0.1) is 18.1 Å². The Hall–Kier alpha value is -0.870. The molecule has 1 heterocycles. The Morgan fingerprint density at radius 2 is 2.11 bits per heavy atom. The van der Waals surface area contributed by atoms with Crippen molar-refractivity contribution >= 4 is 15.7 Å². The molecule has 6 nitrogen and oxygen atoms in total. The van der Waals surface area contributed by atoms with Gasteiger partial charge in [0.2, 0.25) is 5.91 Å². The standard InChI is InChI=1S/C9H15F3N2O4S/c10-9(11,12)7(15)4-14-8(16)3-6-5-19(17,18)2-1-13-6/h6-7,13,15H,1-5H2,(H,14,16). The van der Waals surface area contributed by atoms with E-state index in [9.17, 15) is 26.4 Å². The molecule has 19 heavy (non-hydrogen) atoms. The van der Waals surface area contributed by atoms with Gasteiger partial charge < -0.3 is 15.7 Å². The highest BCUT2D eigenvalue weighted by Gasteiger charge is 2.38. The van der Waals surface area contributed by atoms with Gasteiger partial charge in [0.15, 0.2) is 15.9 Å². The van der Waals surface area contributed by atoms with E-state index >= 15 is 0 Å². The molecule has 1 saturated heterocycles. The SMILES string of the molecule is O=C(CC1CS(=O)(=O)CCN1)NCC(O)C(F)(F)F. The third-order valence-corrected chi connectivity index (χ3v) is 4.34. The fraction of sp³-hybridized carbons (Fsp3) is 0.889. The highest BCUT2D eigenvalue weighted by molar-refractivity contribution is 7.91. The first-order chi connectivity index (χ1) is 8.60. The maximum atomic E-state index is 12.0. The Bertz CT molecular complexity index is 424. The number of amides is 1. The highest BCUT2D eigenvalue weighted by Crippen LogP contribution is 2.19. The van der Waals surface area contributed by atoms with Crippen LogP contribution in [0.3, 0.4) is 0 Å². The molecule has 1 aliphatic heterocycles. The van der Waals surface area contributed by atoms with E-state index in [1.165, 1.54) is 0 Å². The quantitative estimate of drug-likeness (QED) is 0.606. The van der Waals surface area contributed by atoms with Crippen LogP contribution in [-0.2, 0) is 14.6 Å². The lowest BCUT2D eigenvalue weighted by Crippen LogP contribution is -2.48. The molecular weight excluding hydrogens is 289 g/mol. The maximum Gasteiger partial charge on any atom is 0.416 e. The number of aliphatic hydroxyl groups is 1. The zero-order valence-corrected chi connectivity index (χ0v) is 10.7. The number of hydrogen-bond acceptors (Lipinski definition) is 5. The smallest absolute Gasteiger partial charge is 0.382 e. The number of halogens is 3. The summed E-state index contributed by atoms with van der Waals surface area (Å²) < 4.78 is 58.5. The van der Waals surface area contributed by atoms with Gasteiger partial charge in [-0.3, -0.25) is 4.79 Å². The van der Waals surface area contributed by atoms with Gasteiger partial charge in [-0.25, -0.2) is 8.42 Å². The second-order valence-electron chi connectivity index (χ2n) is 4.33. The molecule has 3 N–H and O–H groups in total. The van der Waals surface area contributed by atoms with Crippen molar-refractivity contribution in [3.63, 3.8) is 0 Å². The van der Waals surface area contributed by atoms with E-state index in [2.05, 4.69) is 5.32 Å². The van der Waals surface area contributed by atoms with E-state index in [-0.39, 0.29) is 24.5 Å².